The predicted octanol–water partition coefficient (Wildman–Crippen LogP) is 8.96. The van der Waals surface area contributed by atoms with Crippen LogP contribution in [-0.4, -0.2) is 9.97 Å². The molecule has 1 aromatic carbocycles. The van der Waals surface area contributed by atoms with Crippen LogP contribution in [-0.2, 0) is 12.8 Å². The highest BCUT2D eigenvalue weighted by atomic mass is 32.1. The van der Waals surface area contributed by atoms with Gasteiger partial charge in [0.2, 0.25) is 0 Å². The fraction of sp³-hybridized carbons (Fsp3) is 0.467. The fourth-order valence-electron chi connectivity index (χ4n) is 5.46. The topological polar surface area (TPSA) is 25.8 Å². The summed E-state index contributed by atoms with van der Waals surface area (Å²) < 4.78 is 13.6. The van der Waals surface area contributed by atoms with E-state index in [9.17, 15) is 4.39 Å². The van der Waals surface area contributed by atoms with Gasteiger partial charge in [0.15, 0.2) is 0 Å². The number of hydrogen-bond donors (Lipinski definition) is 0. The number of thiazole rings is 1. The first kappa shape index (κ1) is 23.4. The number of allylic oxidation sites excluding steroid dienone is 2. The second-order valence-corrected chi connectivity index (χ2v) is 11.1. The Hall–Kier alpha value is -2.33. The zero-order valence-corrected chi connectivity index (χ0v) is 20.9. The normalized spacial score (nSPS) is 17.4. The number of nitrogens with zero attached hydrogens (tertiary/aromatic N) is 2. The molecule has 34 heavy (non-hydrogen) atoms. The Kier molecular flexibility index (Phi) is 7.85. The van der Waals surface area contributed by atoms with E-state index in [4.69, 9.17) is 9.97 Å². The van der Waals surface area contributed by atoms with E-state index in [1.165, 1.54) is 104 Å². The summed E-state index contributed by atoms with van der Waals surface area (Å²) in [6.45, 7) is 0. The zero-order valence-electron chi connectivity index (χ0n) is 20.1. The van der Waals surface area contributed by atoms with Crippen LogP contribution in [0.5, 0.6) is 0 Å². The number of hydrogen-bond acceptors (Lipinski definition) is 3. The Balaban J connectivity index is 1.42. The fourth-order valence-corrected chi connectivity index (χ4v) is 6.59. The van der Waals surface area contributed by atoms with Crippen LogP contribution < -0.4 is 0 Å². The van der Waals surface area contributed by atoms with Crippen molar-refractivity contribution in [2.75, 3.05) is 0 Å². The molecule has 1 saturated carbocycles. The Morgan fingerprint density at radius 3 is 2.59 bits per heavy atom. The molecule has 2 heterocycles. The molecule has 2 nitrogen and oxygen atoms in total. The maximum atomic E-state index is 13.6. The molecule has 0 spiro atoms. The average molecular weight is 475 g/mol. The average Bonchev–Trinajstić information content (AvgIpc) is 3.12. The van der Waals surface area contributed by atoms with E-state index in [1.54, 1.807) is 11.3 Å². The second kappa shape index (κ2) is 11.4. The highest BCUT2D eigenvalue weighted by Crippen LogP contribution is 2.38. The van der Waals surface area contributed by atoms with E-state index >= 15 is 0 Å². The maximum absolute atomic E-state index is 13.6. The van der Waals surface area contributed by atoms with Gasteiger partial charge < -0.3 is 0 Å². The molecule has 0 atom stereocenters. The molecule has 0 radical (unpaired) electrons. The summed E-state index contributed by atoms with van der Waals surface area (Å²) in [5.41, 5.74) is 5.83. The smallest absolute Gasteiger partial charge is 0.123 e. The van der Waals surface area contributed by atoms with Gasteiger partial charge >= 0.3 is 0 Å². The van der Waals surface area contributed by atoms with Gasteiger partial charge in [-0.25, -0.2) is 9.37 Å². The SMILES string of the molecule is Fc1ccc(-c2nc(CC3=CCCCCC3)sc2-c2ccnc(CCC3CCCCC3)c2)cc1. The quantitative estimate of drug-likeness (QED) is 0.319. The molecule has 2 aromatic heterocycles. The minimum absolute atomic E-state index is 0.210. The number of rotatable bonds is 7. The van der Waals surface area contributed by atoms with Gasteiger partial charge in [-0.1, -0.05) is 50.2 Å². The summed E-state index contributed by atoms with van der Waals surface area (Å²) >= 11 is 1.79. The summed E-state index contributed by atoms with van der Waals surface area (Å²) in [4.78, 5) is 11.0. The molecule has 5 rings (SSSR count). The van der Waals surface area contributed by atoms with Crippen molar-refractivity contribution in [2.24, 2.45) is 5.92 Å². The van der Waals surface area contributed by atoms with Crippen molar-refractivity contribution in [3.05, 3.63) is 70.8 Å². The van der Waals surface area contributed by atoms with Crippen LogP contribution in [0.2, 0.25) is 0 Å². The third kappa shape index (κ3) is 6.02. The van der Waals surface area contributed by atoms with Gasteiger partial charge in [0.1, 0.15) is 5.82 Å². The van der Waals surface area contributed by atoms with Crippen LogP contribution in [0, 0.1) is 11.7 Å². The monoisotopic (exact) mass is 474 g/mol. The number of halogens is 1. The lowest BCUT2D eigenvalue weighted by atomic mass is 9.85. The van der Waals surface area contributed by atoms with Crippen LogP contribution in [0.1, 0.15) is 81.3 Å². The lowest BCUT2D eigenvalue weighted by Crippen LogP contribution is -2.07. The third-order valence-electron chi connectivity index (χ3n) is 7.41. The van der Waals surface area contributed by atoms with Gasteiger partial charge in [-0.05, 0) is 86.4 Å². The summed E-state index contributed by atoms with van der Waals surface area (Å²) in [5, 5.41) is 1.16. The van der Waals surface area contributed by atoms with Gasteiger partial charge in [0.25, 0.3) is 0 Å². The minimum atomic E-state index is -0.210. The molecule has 0 N–H and O–H groups in total. The first-order valence-electron chi connectivity index (χ1n) is 13.1. The van der Waals surface area contributed by atoms with E-state index in [0.717, 1.165) is 35.0 Å². The van der Waals surface area contributed by atoms with E-state index in [1.807, 2.05) is 18.3 Å². The zero-order chi connectivity index (χ0) is 23.2. The molecule has 0 bridgehead atoms. The second-order valence-electron chi connectivity index (χ2n) is 10.0. The van der Waals surface area contributed by atoms with Gasteiger partial charge in [-0.3, -0.25) is 4.98 Å². The van der Waals surface area contributed by atoms with Crippen molar-refractivity contribution < 1.29 is 4.39 Å². The molecule has 2 aliphatic rings. The maximum Gasteiger partial charge on any atom is 0.123 e. The van der Waals surface area contributed by atoms with E-state index < -0.39 is 0 Å². The van der Waals surface area contributed by atoms with Crippen molar-refractivity contribution in [1.82, 2.24) is 9.97 Å². The van der Waals surface area contributed by atoms with Crippen molar-refractivity contribution in [2.45, 2.75) is 83.5 Å². The van der Waals surface area contributed by atoms with Crippen LogP contribution in [0.15, 0.2) is 54.2 Å². The molecule has 0 aliphatic heterocycles. The van der Waals surface area contributed by atoms with Crippen molar-refractivity contribution in [3.63, 3.8) is 0 Å². The van der Waals surface area contributed by atoms with Gasteiger partial charge in [-0.15, -0.1) is 11.3 Å². The van der Waals surface area contributed by atoms with E-state index in [0.29, 0.717) is 0 Å². The Morgan fingerprint density at radius 1 is 0.912 bits per heavy atom. The predicted molar refractivity (Wildman–Crippen MR) is 141 cm³/mol. The number of aryl methyl sites for hydroxylation is 1. The largest absolute Gasteiger partial charge is 0.261 e. The highest BCUT2D eigenvalue weighted by Gasteiger charge is 2.18. The molecule has 178 valence electrons. The van der Waals surface area contributed by atoms with Crippen LogP contribution >= 0.6 is 11.3 Å². The first-order chi connectivity index (χ1) is 16.7. The Labute approximate surface area is 207 Å². The van der Waals surface area contributed by atoms with Gasteiger partial charge in [0, 0.05) is 23.9 Å². The van der Waals surface area contributed by atoms with Crippen LogP contribution in [0.3, 0.4) is 0 Å². The molecular formula is C30H35FN2S. The summed E-state index contributed by atoms with van der Waals surface area (Å²) in [6.07, 6.45) is 20.8. The number of pyridine rings is 1. The van der Waals surface area contributed by atoms with Crippen molar-refractivity contribution in [1.29, 1.82) is 0 Å². The molecule has 3 aromatic rings. The summed E-state index contributed by atoms with van der Waals surface area (Å²) in [7, 11) is 0. The molecule has 4 heteroatoms. The lowest BCUT2D eigenvalue weighted by molar-refractivity contribution is 0.338. The molecule has 0 amide bonds. The lowest BCUT2D eigenvalue weighted by Gasteiger charge is -2.21. The van der Waals surface area contributed by atoms with E-state index in [2.05, 4.69) is 18.2 Å². The van der Waals surface area contributed by atoms with Crippen molar-refractivity contribution >= 4 is 11.3 Å². The van der Waals surface area contributed by atoms with Crippen LogP contribution in [0.25, 0.3) is 21.7 Å². The van der Waals surface area contributed by atoms with Crippen molar-refractivity contribution in [3.8, 4) is 21.7 Å². The van der Waals surface area contributed by atoms with Crippen LogP contribution in [0.4, 0.5) is 4.39 Å². The minimum Gasteiger partial charge on any atom is -0.261 e. The third-order valence-corrected chi connectivity index (χ3v) is 8.52. The summed E-state index contributed by atoms with van der Waals surface area (Å²) in [5.74, 6) is 0.648. The molecule has 0 saturated heterocycles. The van der Waals surface area contributed by atoms with Gasteiger partial charge in [-0.2, -0.15) is 0 Å². The molecule has 2 aliphatic carbocycles. The first-order valence-corrected chi connectivity index (χ1v) is 13.9. The molecule has 0 unspecified atom stereocenters. The van der Waals surface area contributed by atoms with E-state index in [-0.39, 0.29) is 5.82 Å². The Bertz CT molecular complexity index is 1110. The van der Waals surface area contributed by atoms with Gasteiger partial charge in [0.05, 0.1) is 15.6 Å². The molecule has 1 fully saturated rings. The molecular weight excluding hydrogens is 439 g/mol. The Morgan fingerprint density at radius 2 is 1.74 bits per heavy atom. The standard InChI is InChI=1S/C30H35FN2S/c31-26-15-13-24(14-16-26)29-30(34-28(33-29)20-23-10-4-1-2-5-11-23)25-18-19-32-27(21-25)17-12-22-8-6-3-7-9-22/h10,13-16,18-19,21-22H,1-9,11-12,17,20H2. The number of benzene rings is 1. The highest BCUT2D eigenvalue weighted by molar-refractivity contribution is 7.15. The number of aromatic nitrogens is 2. The summed E-state index contributed by atoms with van der Waals surface area (Å²) in [6, 6.07) is 11.2.